The fourth-order valence-corrected chi connectivity index (χ4v) is 0.845. The Morgan fingerprint density at radius 3 is 2.45 bits per heavy atom. The first-order valence-electron chi connectivity index (χ1n) is 2.93. The second kappa shape index (κ2) is 3.69. The van der Waals surface area contributed by atoms with Crippen molar-refractivity contribution in [3.63, 3.8) is 0 Å². The zero-order valence-corrected chi connectivity index (χ0v) is 7.01. The third-order valence-electron chi connectivity index (χ3n) is 1.08. The van der Waals surface area contributed by atoms with Crippen molar-refractivity contribution < 1.29 is 9.84 Å². The maximum absolute atomic E-state index is 9.12. The average molecular weight is 193 g/mol. The largest absolute Gasteiger partial charge is 0.504 e. The van der Waals surface area contributed by atoms with Crippen LogP contribution in [-0.2, 0) is 0 Å². The lowest BCUT2D eigenvalue weighted by Gasteiger charge is -2.06. The van der Waals surface area contributed by atoms with E-state index < -0.39 is 5.02 Å². The van der Waals surface area contributed by atoms with Crippen LogP contribution in [-0.4, -0.2) is 10.1 Å². The highest BCUT2D eigenvalue weighted by atomic mass is 35.5. The number of benzene rings is 1. The van der Waals surface area contributed by atoms with Gasteiger partial charge in [0.25, 0.3) is 0 Å². The molecule has 60 valence electrons. The van der Waals surface area contributed by atoms with Crippen molar-refractivity contribution >= 4 is 23.2 Å². The zero-order valence-electron chi connectivity index (χ0n) is 5.50. The summed E-state index contributed by atoms with van der Waals surface area (Å²) < 4.78 is 4.83. The summed E-state index contributed by atoms with van der Waals surface area (Å²) in [5, 5.41) is 8.16. The van der Waals surface area contributed by atoms with E-state index in [1.807, 2.05) is 0 Å². The molecule has 0 spiro atoms. The summed E-state index contributed by atoms with van der Waals surface area (Å²) in [7, 11) is 0. The quantitative estimate of drug-likeness (QED) is 0.731. The molecule has 0 aliphatic heterocycles. The lowest BCUT2D eigenvalue weighted by atomic mass is 10.3. The molecule has 0 saturated carbocycles. The molecule has 4 heteroatoms. The van der Waals surface area contributed by atoms with Gasteiger partial charge in [0, 0.05) is 0 Å². The number of phenolic OH excluding ortho intramolecular Hbond substituents is 1. The highest BCUT2D eigenvalue weighted by molar-refractivity contribution is 6.43. The van der Waals surface area contributed by atoms with E-state index in [-0.39, 0.29) is 11.5 Å². The lowest BCUT2D eigenvalue weighted by Crippen LogP contribution is -1.98. The summed E-state index contributed by atoms with van der Waals surface area (Å²) in [5.74, 6) is 0.307. The van der Waals surface area contributed by atoms with E-state index in [2.05, 4.69) is 0 Å². The predicted molar refractivity (Wildman–Crippen MR) is 44.2 cm³/mol. The summed E-state index contributed by atoms with van der Waals surface area (Å²) in [6.07, 6.45) is 0. The van der Waals surface area contributed by atoms with Crippen LogP contribution < -0.4 is 4.74 Å². The van der Waals surface area contributed by atoms with Gasteiger partial charge in [0.2, 0.25) is 5.02 Å². The highest BCUT2D eigenvalue weighted by Gasteiger charge is 2.04. The molecule has 0 aliphatic rings. The molecule has 0 atom stereocenters. The van der Waals surface area contributed by atoms with Crippen molar-refractivity contribution in [2.75, 3.05) is 0 Å². The van der Waals surface area contributed by atoms with Crippen LogP contribution in [0.1, 0.15) is 0 Å². The molecule has 1 aromatic carbocycles. The molecule has 1 aromatic rings. The Morgan fingerprint density at radius 1 is 1.27 bits per heavy atom. The summed E-state index contributed by atoms with van der Waals surface area (Å²) in [5.41, 5.74) is 0. The van der Waals surface area contributed by atoms with Gasteiger partial charge in [0.05, 0.1) is 0 Å². The van der Waals surface area contributed by atoms with Gasteiger partial charge < -0.3 is 9.84 Å². The molecule has 1 N–H and O–H groups in total. The van der Waals surface area contributed by atoms with Crippen LogP contribution >= 0.6 is 23.2 Å². The Labute approximate surface area is 74.3 Å². The van der Waals surface area contributed by atoms with Crippen LogP contribution in [0.15, 0.2) is 24.3 Å². The second-order valence-corrected chi connectivity index (χ2v) is 2.86. The van der Waals surface area contributed by atoms with Crippen molar-refractivity contribution in [1.29, 1.82) is 0 Å². The Balaban J connectivity index is 2.78. The Hall–Kier alpha value is -0.600. The van der Waals surface area contributed by atoms with Crippen LogP contribution in [0.3, 0.4) is 0 Å². The molecule has 0 heterocycles. The van der Waals surface area contributed by atoms with Crippen molar-refractivity contribution in [2.24, 2.45) is 0 Å². The van der Waals surface area contributed by atoms with Crippen LogP contribution in [0.5, 0.6) is 11.5 Å². The monoisotopic (exact) mass is 192 g/mol. The number of hydrogen-bond acceptors (Lipinski definition) is 2. The molecule has 0 aliphatic carbocycles. The van der Waals surface area contributed by atoms with Gasteiger partial charge in [-0.25, -0.2) is 0 Å². The zero-order chi connectivity index (χ0) is 8.27. The number of alkyl halides is 2. The topological polar surface area (TPSA) is 29.5 Å². The van der Waals surface area contributed by atoms with Crippen molar-refractivity contribution in [3.05, 3.63) is 24.3 Å². The molecule has 0 saturated heterocycles. The van der Waals surface area contributed by atoms with E-state index in [9.17, 15) is 0 Å². The summed E-state index contributed by atoms with van der Waals surface area (Å²) in [6, 6.07) is 6.46. The number of rotatable bonds is 2. The van der Waals surface area contributed by atoms with Gasteiger partial charge >= 0.3 is 0 Å². The number of phenols is 1. The number of aromatic hydroxyl groups is 1. The first kappa shape index (κ1) is 8.50. The third kappa shape index (κ3) is 2.48. The molecular formula is C7H6Cl2O2. The summed E-state index contributed by atoms with van der Waals surface area (Å²) >= 11 is 10.6. The summed E-state index contributed by atoms with van der Waals surface area (Å²) in [4.78, 5) is 0. The smallest absolute Gasteiger partial charge is 0.248 e. The Morgan fingerprint density at radius 2 is 1.91 bits per heavy atom. The van der Waals surface area contributed by atoms with Crippen LogP contribution in [0.4, 0.5) is 0 Å². The Bertz CT molecular complexity index is 238. The van der Waals surface area contributed by atoms with Gasteiger partial charge in [-0.2, -0.15) is 0 Å². The summed E-state index contributed by atoms with van der Waals surface area (Å²) in [6.45, 7) is 0. The van der Waals surface area contributed by atoms with Crippen LogP contribution in [0.25, 0.3) is 0 Å². The van der Waals surface area contributed by atoms with Gasteiger partial charge in [-0.05, 0) is 12.1 Å². The average Bonchev–Trinajstić information content (AvgIpc) is 1.93. The minimum absolute atomic E-state index is 0.0267. The molecular weight excluding hydrogens is 187 g/mol. The van der Waals surface area contributed by atoms with E-state index in [1.165, 1.54) is 6.07 Å². The fraction of sp³-hybridized carbons (Fsp3) is 0.143. The minimum Gasteiger partial charge on any atom is -0.504 e. The first-order chi connectivity index (χ1) is 5.20. The molecule has 0 radical (unpaired) electrons. The number of para-hydroxylation sites is 2. The predicted octanol–water partition coefficient (Wildman–Crippen LogP) is 2.53. The van der Waals surface area contributed by atoms with E-state index in [0.29, 0.717) is 0 Å². The van der Waals surface area contributed by atoms with Crippen LogP contribution in [0.2, 0.25) is 0 Å². The lowest BCUT2D eigenvalue weighted by molar-refractivity contribution is 0.329. The van der Waals surface area contributed by atoms with E-state index in [1.54, 1.807) is 18.2 Å². The van der Waals surface area contributed by atoms with Crippen LogP contribution in [0, 0.1) is 0 Å². The van der Waals surface area contributed by atoms with Gasteiger partial charge in [-0.1, -0.05) is 35.3 Å². The standard InChI is InChI=1S/C7H6Cl2O2/c8-7(9)11-6-4-2-1-3-5(6)10/h1-4,7,10H. The first-order valence-corrected chi connectivity index (χ1v) is 3.80. The number of hydrogen-bond donors (Lipinski definition) is 1. The maximum atomic E-state index is 9.12. The molecule has 1 rings (SSSR count). The molecule has 0 aromatic heterocycles. The molecule has 2 nitrogen and oxygen atoms in total. The number of halogens is 2. The van der Waals surface area contributed by atoms with E-state index in [4.69, 9.17) is 33.0 Å². The Kier molecular flexibility index (Phi) is 2.85. The van der Waals surface area contributed by atoms with E-state index >= 15 is 0 Å². The number of ether oxygens (including phenoxy) is 1. The van der Waals surface area contributed by atoms with Crippen molar-refractivity contribution in [1.82, 2.24) is 0 Å². The molecule has 0 unspecified atom stereocenters. The molecule has 0 amide bonds. The van der Waals surface area contributed by atoms with Crippen molar-refractivity contribution in [3.8, 4) is 11.5 Å². The molecule has 11 heavy (non-hydrogen) atoms. The highest BCUT2D eigenvalue weighted by Crippen LogP contribution is 2.26. The normalized spacial score (nSPS) is 10.1. The minimum atomic E-state index is -0.955. The second-order valence-electron chi connectivity index (χ2n) is 1.85. The van der Waals surface area contributed by atoms with E-state index in [0.717, 1.165) is 0 Å². The van der Waals surface area contributed by atoms with Gasteiger partial charge in [0.1, 0.15) is 0 Å². The van der Waals surface area contributed by atoms with Gasteiger partial charge in [0.15, 0.2) is 11.5 Å². The van der Waals surface area contributed by atoms with Gasteiger partial charge in [-0.3, -0.25) is 0 Å². The fourth-order valence-electron chi connectivity index (χ4n) is 0.653. The molecule has 0 bridgehead atoms. The third-order valence-corrected chi connectivity index (χ3v) is 1.26. The SMILES string of the molecule is Oc1ccccc1OC(Cl)Cl. The maximum Gasteiger partial charge on any atom is 0.248 e. The van der Waals surface area contributed by atoms with Gasteiger partial charge in [-0.15, -0.1) is 0 Å². The molecule has 0 fully saturated rings. The van der Waals surface area contributed by atoms with Crippen molar-refractivity contribution in [2.45, 2.75) is 5.02 Å².